The van der Waals surface area contributed by atoms with Gasteiger partial charge in [0.2, 0.25) is 0 Å². The molecule has 1 heterocycles. The normalized spacial score (nSPS) is 13.6. The predicted molar refractivity (Wildman–Crippen MR) is 78.7 cm³/mol. The van der Waals surface area contributed by atoms with Crippen LogP contribution < -0.4 is 5.32 Å². The predicted octanol–water partition coefficient (Wildman–Crippen LogP) is 4.26. The van der Waals surface area contributed by atoms with Crippen molar-refractivity contribution in [2.45, 2.75) is 59.9 Å². The third-order valence-electron chi connectivity index (χ3n) is 3.20. The molecule has 1 atom stereocenters. The van der Waals surface area contributed by atoms with E-state index in [-0.39, 0.29) is 0 Å². The van der Waals surface area contributed by atoms with E-state index in [0.717, 1.165) is 19.4 Å². The number of nitrogens with zero attached hydrogens (tertiary/aromatic N) is 1. The Labute approximate surface area is 112 Å². The average Bonchev–Trinajstić information content (AvgIpc) is 2.29. The first-order valence-corrected chi connectivity index (χ1v) is 7.09. The van der Waals surface area contributed by atoms with Crippen LogP contribution in [0.1, 0.15) is 64.3 Å². The fourth-order valence-corrected chi connectivity index (χ4v) is 2.09. The van der Waals surface area contributed by atoms with Crippen molar-refractivity contribution in [3.05, 3.63) is 29.6 Å². The lowest BCUT2D eigenvalue weighted by atomic mass is 9.87. The van der Waals surface area contributed by atoms with Crippen LogP contribution in [0.4, 0.5) is 0 Å². The van der Waals surface area contributed by atoms with Crippen molar-refractivity contribution in [2.75, 3.05) is 6.54 Å². The van der Waals surface area contributed by atoms with Crippen LogP contribution >= 0.6 is 0 Å². The molecule has 0 aliphatic carbocycles. The van der Waals surface area contributed by atoms with Crippen molar-refractivity contribution in [3.63, 3.8) is 0 Å². The highest BCUT2D eigenvalue weighted by atomic mass is 14.9. The molecule has 0 saturated heterocycles. The van der Waals surface area contributed by atoms with Crippen molar-refractivity contribution in [3.8, 4) is 0 Å². The van der Waals surface area contributed by atoms with Gasteiger partial charge in [-0.25, -0.2) is 0 Å². The molecule has 1 unspecified atom stereocenters. The smallest absolute Gasteiger partial charge is 0.0602 e. The monoisotopic (exact) mass is 248 g/mol. The number of nitrogens with one attached hydrogen (secondary N) is 1. The molecule has 0 aliphatic rings. The molecular formula is C16H28N2. The summed E-state index contributed by atoms with van der Waals surface area (Å²) in [6, 6.07) is 4.56. The summed E-state index contributed by atoms with van der Waals surface area (Å²) >= 11 is 0. The minimum atomic E-state index is 0.384. The van der Waals surface area contributed by atoms with E-state index in [1.165, 1.54) is 17.7 Å². The summed E-state index contributed by atoms with van der Waals surface area (Å²) in [7, 11) is 0. The second-order valence-electron chi connectivity index (χ2n) is 6.31. The van der Waals surface area contributed by atoms with Crippen LogP contribution in [-0.4, -0.2) is 11.5 Å². The Balaban J connectivity index is 2.75. The van der Waals surface area contributed by atoms with Gasteiger partial charge in [0.05, 0.1) is 5.69 Å². The Morgan fingerprint density at radius 3 is 2.61 bits per heavy atom. The topological polar surface area (TPSA) is 24.9 Å². The number of aromatic nitrogens is 1. The third kappa shape index (κ3) is 5.18. The summed E-state index contributed by atoms with van der Waals surface area (Å²) in [5.74, 6) is 0. The molecule has 102 valence electrons. The van der Waals surface area contributed by atoms with Gasteiger partial charge < -0.3 is 5.32 Å². The zero-order valence-corrected chi connectivity index (χ0v) is 12.6. The Hall–Kier alpha value is -0.890. The van der Waals surface area contributed by atoms with Gasteiger partial charge in [0, 0.05) is 12.2 Å². The highest BCUT2D eigenvalue weighted by Crippen LogP contribution is 2.27. The van der Waals surface area contributed by atoms with Crippen molar-refractivity contribution >= 4 is 0 Å². The van der Waals surface area contributed by atoms with Crippen LogP contribution in [0.2, 0.25) is 0 Å². The zero-order valence-electron chi connectivity index (χ0n) is 12.6. The summed E-state index contributed by atoms with van der Waals surface area (Å²) in [5.41, 5.74) is 2.89. The number of aryl methyl sites for hydroxylation is 1. The second kappa shape index (κ2) is 6.89. The highest BCUT2D eigenvalue weighted by molar-refractivity contribution is 5.21. The molecule has 2 nitrogen and oxygen atoms in total. The van der Waals surface area contributed by atoms with Gasteiger partial charge >= 0.3 is 0 Å². The Kier molecular flexibility index (Phi) is 5.80. The molecule has 0 bridgehead atoms. The van der Waals surface area contributed by atoms with Crippen LogP contribution in [-0.2, 0) is 0 Å². The maximum atomic E-state index is 4.57. The molecule has 1 N–H and O–H groups in total. The van der Waals surface area contributed by atoms with Gasteiger partial charge in [0.15, 0.2) is 0 Å². The molecule has 0 aromatic carbocycles. The van der Waals surface area contributed by atoms with Crippen LogP contribution in [0.25, 0.3) is 0 Å². The van der Waals surface area contributed by atoms with E-state index in [4.69, 9.17) is 0 Å². The van der Waals surface area contributed by atoms with Crippen molar-refractivity contribution in [2.24, 2.45) is 5.41 Å². The van der Waals surface area contributed by atoms with E-state index in [2.05, 4.69) is 51.0 Å². The number of pyridine rings is 1. The fourth-order valence-electron chi connectivity index (χ4n) is 2.09. The maximum absolute atomic E-state index is 4.57. The first-order valence-electron chi connectivity index (χ1n) is 7.09. The molecule has 0 aliphatic heterocycles. The molecule has 1 aromatic heterocycles. The van der Waals surface area contributed by atoms with E-state index < -0.39 is 0 Å². The summed E-state index contributed by atoms with van der Waals surface area (Å²) in [6.45, 7) is 12.3. The molecule has 0 amide bonds. The van der Waals surface area contributed by atoms with Gasteiger partial charge in [0.25, 0.3) is 0 Å². The van der Waals surface area contributed by atoms with Crippen LogP contribution in [0.3, 0.4) is 0 Å². The molecule has 2 heteroatoms. The van der Waals surface area contributed by atoms with Crippen molar-refractivity contribution in [1.29, 1.82) is 0 Å². The summed E-state index contributed by atoms with van der Waals surface area (Å²) in [5, 5.41) is 3.64. The van der Waals surface area contributed by atoms with Gasteiger partial charge in [-0.1, -0.05) is 33.8 Å². The standard InChI is InChI=1S/C16H28N2/c1-6-11-17-14(9-10-16(3,4)5)15-13(2)8-7-12-18-15/h7-8,12,14,17H,6,9-11H2,1-5H3. The van der Waals surface area contributed by atoms with Crippen LogP contribution in [0.5, 0.6) is 0 Å². The zero-order chi connectivity index (χ0) is 13.6. The quantitative estimate of drug-likeness (QED) is 0.813. The largest absolute Gasteiger partial charge is 0.309 e. The summed E-state index contributed by atoms with van der Waals surface area (Å²) in [4.78, 5) is 4.57. The van der Waals surface area contributed by atoms with Crippen LogP contribution in [0, 0.1) is 12.3 Å². The minimum Gasteiger partial charge on any atom is -0.309 e. The van der Waals surface area contributed by atoms with Gasteiger partial charge in [-0.15, -0.1) is 0 Å². The molecular weight excluding hydrogens is 220 g/mol. The SMILES string of the molecule is CCCNC(CCC(C)(C)C)c1ncccc1C. The Morgan fingerprint density at radius 1 is 1.33 bits per heavy atom. The lowest BCUT2D eigenvalue weighted by Gasteiger charge is -2.24. The second-order valence-corrected chi connectivity index (χ2v) is 6.31. The Morgan fingerprint density at radius 2 is 2.06 bits per heavy atom. The first kappa shape index (κ1) is 15.2. The number of hydrogen-bond donors (Lipinski definition) is 1. The molecule has 0 radical (unpaired) electrons. The molecule has 1 rings (SSSR count). The maximum Gasteiger partial charge on any atom is 0.0602 e. The Bertz CT molecular complexity index is 352. The van der Waals surface area contributed by atoms with E-state index >= 15 is 0 Å². The number of rotatable bonds is 6. The van der Waals surface area contributed by atoms with Gasteiger partial charge in [0.1, 0.15) is 0 Å². The first-order chi connectivity index (χ1) is 8.44. The van der Waals surface area contributed by atoms with Crippen LogP contribution in [0.15, 0.2) is 18.3 Å². The third-order valence-corrected chi connectivity index (χ3v) is 3.20. The van der Waals surface area contributed by atoms with Gasteiger partial charge in [-0.2, -0.15) is 0 Å². The molecule has 0 saturated carbocycles. The molecule has 0 spiro atoms. The summed E-state index contributed by atoms with van der Waals surface area (Å²) in [6.07, 6.45) is 5.43. The lowest BCUT2D eigenvalue weighted by Crippen LogP contribution is -2.25. The van der Waals surface area contributed by atoms with E-state index in [1.54, 1.807) is 0 Å². The highest BCUT2D eigenvalue weighted by Gasteiger charge is 2.18. The number of hydrogen-bond acceptors (Lipinski definition) is 2. The average molecular weight is 248 g/mol. The molecule has 18 heavy (non-hydrogen) atoms. The van der Waals surface area contributed by atoms with Crippen molar-refractivity contribution < 1.29 is 0 Å². The molecule has 1 aromatic rings. The fraction of sp³-hybridized carbons (Fsp3) is 0.688. The van der Waals surface area contributed by atoms with E-state index in [9.17, 15) is 0 Å². The minimum absolute atomic E-state index is 0.384. The van der Waals surface area contributed by atoms with Gasteiger partial charge in [-0.3, -0.25) is 4.98 Å². The van der Waals surface area contributed by atoms with Gasteiger partial charge in [-0.05, 0) is 49.8 Å². The van der Waals surface area contributed by atoms with E-state index in [0.29, 0.717) is 11.5 Å². The summed E-state index contributed by atoms with van der Waals surface area (Å²) < 4.78 is 0. The van der Waals surface area contributed by atoms with E-state index in [1.807, 2.05) is 12.3 Å². The lowest BCUT2D eigenvalue weighted by molar-refractivity contribution is 0.329. The molecule has 0 fully saturated rings. The van der Waals surface area contributed by atoms with Crippen molar-refractivity contribution in [1.82, 2.24) is 10.3 Å².